The largest absolute Gasteiger partial charge is 0.389 e. The Kier molecular flexibility index (Phi) is 3.86. The van der Waals surface area contributed by atoms with Gasteiger partial charge < -0.3 is 5.11 Å². The van der Waals surface area contributed by atoms with Gasteiger partial charge in [0.15, 0.2) is 0 Å². The smallest absolute Gasteiger partial charge is 0.0698 e. The van der Waals surface area contributed by atoms with E-state index in [9.17, 15) is 5.11 Å². The second-order valence-corrected chi connectivity index (χ2v) is 6.46. The minimum absolute atomic E-state index is 0.0115. The molecule has 0 aromatic carbocycles. The lowest BCUT2D eigenvalue weighted by Gasteiger charge is -2.48. The highest BCUT2D eigenvalue weighted by Crippen LogP contribution is 2.46. The molecule has 1 saturated carbocycles. The molecule has 15 heavy (non-hydrogen) atoms. The first kappa shape index (κ1) is 13.0. The van der Waals surface area contributed by atoms with Crippen LogP contribution in [0.15, 0.2) is 0 Å². The van der Waals surface area contributed by atoms with Crippen LogP contribution in [0.5, 0.6) is 0 Å². The van der Waals surface area contributed by atoms with Crippen LogP contribution >= 0.6 is 0 Å². The number of aliphatic hydroxyl groups is 1. The van der Waals surface area contributed by atoms with Gasteiger partial charge in [-0.05, 0) is 30.6 Å². The van der Waals surface area contributed by atoms with E-state index in [-0.39, 0.29) is 5.41 Å². The summed E-state index contributed by atoms with van der Waals surface area (Å²) in [7, 11) is 0. The summed E-state index contributed by atoms with van der Waals surface area (Å²) in [6.45, 7) is 10.8. The summed E-state index contributed by atoms with van der Waals surface area (Å²) >= 11 is 0. The summed E-state index contributed by atoms with van der Waals surface area (Å²) in [6, 6.07) is 0. The number of hydrogen-bond donors (Lipinski definition) is 1. The van der Waals surface area contributed by atoms with Crippen LogP contribution in [-0.2, 0) is 0 Å². The first-order valence-corrected chi connectivity index (χ1v) is 6.53. The molecule has 1 nitrogen and oxygen atoms in total. The third kappa shape index (κ3) is 2.55. The minimum atomic E-state index is -0.520. The lowest BCUT2D eigenvalue weighted by molar-refractivity contribution is -0.117. The molecule has 0 aromatic heterocycles. The van der Waals surface area contributed by atoms with E-state index in [0.29, 0.717) is 5.92 Å². The third-order valence-electron chi connectivity index (χ3n) is 4.67. The molecular formula is C14H28O. The van der Waals surface area contributed by atoms with Crippen molar-refractivity contribution in [2.24, 2.45) is 17.3 Å². The van der Waals surface area contributed by atoms with Crippen LogP contribution < -0.4 is 0 Å². The second-order valence-electron chi connectivity index (χ2n) is 6.46. The molecule has 0 bridgehead atoms. The molecule has 0 spiro atoms. The van der Waals surface area contributed by atoms with Crippen molar-refractivity contribution in [3.8, 4) is 0 Å². The maximum absolute atomic E-state index is 10.8. The molecule has 1 N–H and O–H groups in total. The quantitative estimate of drug-likeness (QED) is 0.733. The summed E-state index contributed by atoms with van der Waals surface area (Å²) < 4.78 is 0. The summed E-state index contributed by atoms with van der Waals surface area (Å²) in [4.78, 5) is 0. The van der Waals surface area contributed by atoms with Crippen LogP contribution in [0.4, 0.5) is 0 Å². The molecule has 0 radical (unpaired) electrons. The van der Waals surface area contributed by atoms with Gasteiger partial charge in [0.2, 0.25) is 0 Å². The molecule has 1 fully saturated rings. The lowest BCUT2D eigenvalue weighted by Crippen LogP contribution is -2.50. The molecule has 1 heteroatoms. The highest BCUT2D eigenvalue weighted by molar-refractivity contribution is 4.96. The predicted octanol–water partition coefficient (Wildman–Crippen LogP) is 4.00. The van der Waals surface area contributed by atoms with E-state index in [1.807, 2.05) is 6.92 Å². The summed E-state index contributed by atoms with van der Waals surface area (Å²) in [5, 5.41) is 10.8. The molecule has 1 aliphatic carbocycles. The Morgan fingerprint density at radius 3 is 2.07 bits per heavy atom. The molecule has 90 valence electrons. The van der Waals surface area contributed by atoms with Crippen molar-refractivity contribution in [2.45, 2.75) is 72.3 Å². The van der Waals surface area contributed by atoms with Gasteiger partial charge in [-0.1, -0.05) is 53.4 Å². The van der Waals surface area contributed by atoms with Crippen molar-refractivity contribution in [1.29, 1.82) is 0 Å². The Labute approximate surface area is 95.3 Å². The van der Waals surface area contributed by atoms with Crippen LogP contribution in [0.2, 0.25) is 0 Å². The fourth-order valence-corrected chi connectivity index (χ4v) is 2.99. The standard InChI is InChI=1S/C14H28O/c1-6-11-9-7-8-10-12(11)14(5,15)13(2,3)4/h11-12,15H,6-10H2,1-5H3. The zero-order chi connectivity index (χ0) is 11.7. The van der Waals surface area contributed by atoms with Gasteiger partial charge in [-0.2, -0.15) is 0 Å². The maximum Gasteiger partial charge on any atom is 0.0698 e. The van der Waals surface area contributed by atoms with Crippen molar-refractivity contribution in [1.82, 2.24) is 0 Å². The van der Waals surface area contributed by atoms with Gasteiger partial charge in [0.05, 0.1) is 5.60 Å². The van der Waals surface area contributed by atoms with E-state index >= 15 is 0 Å². The van der Waals surface area contributed by atoms with E-state index in [2.05, 4.69) is 27.7 Å². The predicted molar refractivity (Wildman–Crippen MR) is 65.8 cm³/mol. The highest BCUT2D eigenvalue weighted by Gasteiger charge is 2.45. The summed E-state index contributed by atoms with van der Waals surface area (Å²) in [5.41, 5.74) is -0.531. The molecule has 0 heterocycles. The van der Waals surface area contributed by atoms with Crippen molar-refractivity contribution < 1.29 is 5.11 Å². The van der Waals surface area contributed by atoms with E-state index < -0.39 is 5.60 Å². The average molecular weight is 212 g/mol. The van der Waals surface area contributed by atoms with Gasteiger partial charge in [0, 0.05) is 0 Å². The zero-order valence-electron chi connectivity index (χ0n) is 11.1. The topological polar surface area (TPSA) is 20.2 Å². The zero-order valence-corrected chi connectivity index (χ0v) is 11.1. The van der Waals surface area contributed by atoms with E-state index in [0.717, 1.165) is 5.92 Å². The van der Waals surface area contributed by atoms with Crippen molar-refractivity contribution in [3.05, 3.63) is 0 Å². The molecule has 0 aromatic rings. The van der Waals surface area contributed by atoms with Crippen LogP contribution in [0.1, 0.15) is 66.7 Å². The minimum Gasteiger partial charge on any atom is -0.389 e. The Morgan fingerprint density at radius 1 is 1.07 bits per heavy atom. The lowest BCUT2D eigenvalue weighted by atomic mass is 9.61. The first-order valence-electron chi connectivity index (χ1n) is 6.53. The van der Waals surface area contributed by atoms with E-state index in [4.69, 9.17) is 0 Å². The van der Waals surface area contributed by atoms with Crippen molar-refractivity contribution in [2.75, 3.05) is 0 Å². The van der Waals surface area contributed by atoms with Gasteiger partial charge in [-0.3, -0.25) is 0 Å². The Hall–Kier alpha value is -0.0400. The van der Waals surface area contributed by atoms with Crippen molar-refractivity contribution >= 4 is 0 Å². The van der Waals surface area contributed by atoms with Crippen LogP contribution in [0, 0.1) is 17.3 Å². The van der Waals surface area contributed by atoms with Gasteiger partial charge >= 0.3 is 0 Å². The second kappa shape index (κ2) is 4.45. The van der Waals surface area contributed by atoms with Gasteiger partial charge in [0.25, 0.3) is 0 Å². The molecule has 3 atom stereocenters. The van der Waals surface area contributed by atoms with Crippen LogP contribution in [-0.4, -0.2) is 10.7 Å². The van der Waals surface area contributed by atoms with Crippen LogP contribution in [0.25, 0.3) is 0 Å². The SMILES string of the molecule is CCC1CCCCC1C(C)(O)C(C)(C)C. The molecule has 3 unspecified atom stereocenters. The Balaban J connectivity index is 2.83. The molecule has 1 aliphatic rings. The van der Waals surface area contributed by atoms with Gasteiger partial charge in [0.1, 0.15) is 0 Å². The number of rotatable bonds is 2. The fraction of sp³-hybridized carbons (Fsp3) is 1.00. The normalized spacial score (nSPS) is 32.4. The maximum atomic E-state index is 10.8. The average Bonchev–Trinajstić information content (AvgIpc) is 2.16. The molecule has 1 rings (SSSR count). The van der Waals surface area contributed by atoms with E-state index in [1.54, 1.807) is 0 Å². The molecule has 0 saturated heterocycles. The fourth-order valence-electron chi connectivity index (χ4n) is 2.99. The molecule has 0 aliphatic heterocycles. The Morgan fingerprint density at radius 2 is 1.60 bits per heavy atom. The van der Waals surface area contributed by atoms with Gasteiger partial charge in [-0.25, -0.2) is 0 Å². The van der Waals surface area contributed by atoms with E-state index in [1.165, 1.54) is 32.1 Å². The monoisotopic (exact) mass is 212 g/mol. The third-order valence-corrected chi connectivity index (χ3v) is 4.67. The molecule has 0 amide bonds. The Bertz CT molecular complexity index is 200. The van der Waals surface area contributed by atoms with Gasteiger partial charge in [-0.15, -0.1) is 0 Å². The highest BCUT2D eigenvalue weighted by atomic mass is 16.3. The summed E-state index contributed by atoms with van der Waals surface area (Å²) in [5.74, 6) is 1.23. The van der Waals surface area contributed by atoms with Crippen LogP contribution in [0.3, 0.4) is 0 Å². The first-order chi connectivity index (χ1) is 6.80. The molecular weight excluding hydrogens is 184 g/mol. The summed E-state index contributed by atoms with van der Waals surface area (Å²) in [6.07, 6.45) is 6.40. The van der Waals surface area contributed by atoms with Crippen molar-refractivity contribution in [3.63, 3.8) is 0 Å². The number of hydrogen-bond acceptors (Lipinski definition) is 1.